The van der Waals surface area contributed by atoms with Crippen LogP contribution in [0.4, 0.5) is 0 Å². The average Bonchev–Trinajstić information content (AvgIpc) is 2.97. The standard InChI is InChI=1S/C18H18O3/c1-18(20-11-12-21-18)17-10-6-5-9-16(17)14-19-13-15-7-3-2-4-8-15/h2-12H,13-14H2,1H3. The SMILES string of the molecule is CC1(c2ccccc2COCc2ccccc2)OC=CO1. The predicted octanol–water partition coefficient (Wildman–Crippen LogP) is 4.09. The number of rotatable bonds is 5. The van der Waals surface area contributed by atoms with Gasteiger partial charge in [0.05, 0.1) is 13.2 Å². The fraction of sp³-hybridized carbons (Fsp3) is 0.222. The molecule has 1 heterocycles. The van der Waals surface area contributed by atoms with Crippen LogP contribution in [0.15, 0.2) is 67.1 Å². The monoisotopic (exact) mass is 282 g/mol. The van der Waals surface area contributed by atoms with E-state index in [0.29, 0.717) is 13.2 Å². The van der Waals surface area contributed by atoms with E-state index in [0.717, 1.165) is 16.7 Å². The maximum atomic E-state index is 5.82. The highest BCUT2D eigenvalue weighted by Gasteiger charge is 2.33. The van der Waals surface area contributed by atoms with E-state index in [9.17, 15) is 0 Å². The third kappa shape index (κ3) is 3.09. The van der Waals surface area contributed by atoms with Crippen molar-refractivity contribution in [2.45, 2.75) is 25.9 Å². The summed E-state index contributed by atoms with van der Waals surface area (Å²) in [7, 11) is 0. The Labute approximate surface area is 124 Å². The second-order valence-electron chi connectivity index (χ2n) is 5.09. The van der Waals surface area contributed by atoms with Crippen LogP contribution in [0.25, 0.3) is 0 Å². The molecule has 21 heavy (non-hydrogen) atoms. The molecule has 1 aliphatic heterocycles. The fourth-order valence-electron chi connectivity index (χ4n) is 2.41. The van der Waals surface area contributed by atoms with Gasteiger partial charge in [-0.2, -0.15) is 0 Å². The average molecular weight is 282 g/mol. The van der Waals surface area contributed by atoms with Gasteiger partial charge in [0.1, 0.15) is 12.5 Å². The zero-order valence-corrected chi connectivity index (χ0v) is 12.0. The van der Waals surface area contributed by atoms with E-state index in [1.807, 2.05) is 49.4 Å². The van der Waals surface area contributed by atoms with Crippen molar-refractivity contribution >= 4 is 0 Å². The van der Waals surface area contributed by atoms with Crippen LogP contribution in [0, 0.1) is 0 Å². The van der Waals surface area contributed by atoms with Crippen LogP contribution < -0.4 is 0 Å². The van der Waals surface area contributed by atoms with E-state index in [1.165, 1.54) is 0 Å². The molecule has 1 aliphatic rings. The van der Waals surface area contributed by atoms with Gasteiger partial charge in [-0.05, 0) is 11.1 Å². The molecule has 2 aromatic carbocycles. The summed E-state index contributed by atoms with van der Waals surface area (Å²) in [5.41, 5.74) is 3.22. The molecule has 0 aromatic heterocycles. The van der Waals surface area contributed by atoms with Gasteiger partial charge in [-0.1, -0.05) is 54.6 Å². The molecule has 0 N–H and O–H groups in total. The van der Waals surface area contributed by atoms with Gasteiger partial charge in [0, 0.05) is 12.5 Å². The van der Waals surface area contributed by atoms with E-state index in [1.54, 1.807) is 12.5 Å². The molecule has 2 aromatic rings. The molecule has 108 valence electrons. The Morgan fingerprint density at radius 2 is 1.52 bits per heavy atom. The van der Waals surface area contributed by atoms with E-state index in [2.05, 4.69) is 12.1 Å². The minimum Gasteiger partial charge on any atom is -0.453 e. The Morgan fingerprint density at radius 3 is 2.29 bits per heavy atom. The van der Waals surface area contributed by atoms with Gasteiger partial charge in [-0.3, -0.25) is 0 Å². The second-order valence-corrected chi connectivity index (χ2v) is 5.09. The molecule has 0 fully saturated rings. The Morgan fingerprint density at radius 1 is 0.857 bits per heavy atom. The van der Waals surface area contributed by atoms with E-state index in [4.69, 9.17) is 14.2 Å². The Bertz CT molecular complexity index is 611. The zero-order valence-electron chi connectivity index (χ0n) is 12.0. The summed E-state index contributed by atoms with van der Waals surface area (Å²) in [6.45, 7) is 3.02. The molecule has 0 saturated heterocycles. The maximum absolute atomic E-state index is 5.82. The summed E-state index contributed by atoms with van der Waals surface area (Å²) < 4.78 is 17.0. The molecule has 0 saturated carbocycles. The van der Waals surface area contributed by atoms with Crippen molar-refractivity contribution in [3.05, 3.63) is 83.8 Å². The molecule has 0 atom stereocenters. The Kier molecular flexibility index (Phi) is 3.93. The molecule has 3 nitrogen and oxygen atoms in total. The highest BCUT2D eigenvalue weighted by molar-refractivity contribution is 5.31. The van der Waals surface area contributed by atoms with Crippen LogP contribution >= 0.6 is 0 Å². The van der Waals surface area contributed by atoms with Crippen LogP contribution in [0.1, 0.15) is 23.6 Å². The number of ether oxygens (including phenoxy) is 3. The van der Waals surface area contributed by atoms with Crippen molar-refractivity contribution in [2.75, 3.05) is 0 Å². The van der Waals surface area contributed by atoms with Crippen LogP contribution in [-0.2, 0) is 33.2 Å². The smallest absolute Gasteiger partial charge is 0.274 e. The summed E-state index contributed by atoms with van der Waals surface area (Å²) in [4.78, 5) is 0. The highest BCUT2D eigenvalue weighted by Crippen LogP contribution is 2.33. The van der Waals surface area contributed by atoms with Gasteiger partial charge in [-0.25, -0.2) is 0 Å². The molecular formula is C18H18O3. The molecule has 0 bridgehead atoms. The zero-order chi connectivity index (χ0) is 14.5. The number of hydrogen-bond donors (Lipinski definition) is 0. The summed E-state index contributed by atoms with van der Waals surface area (Å²) in [5.74, 6) is -0.757. The van der Waals surface area contributed by atoms with Crippen LogP contribution in [0.5, 0.6) is 0 Å². The topological polar surface area (TPSA) is 27.7 Å². The first kappa shape index (κ1) is 13.7. The van der Waals surface area contributed by atoms with Gasteiger partial charge in [-0.15, -0.1) is 0 Å². The summed E-state index contributed by atoms with van der Waals surface area (Å²) in [5, 5.41) is 0. The van der Waals surface area contributed by atoms with Crippen molar-refractivity contribution < 1.29 is 14.2 Å². The molecule has 0 radical (unpaired) electrons. The lowest BCUT2D eigenvalue weighted by Gasteiger charge is -2.25. The van der Waals surface area contributed by atoms with Crippen LogP contribution in [0.3, 0.4) is 0 Å². The van der Waals surface area contributed by atoms with E-state index < -0.39 is 5.79 Å². The van der Waals surface area contributed by atoms with Crippen molar-refractivity contribution in [2.24, 2.45) is 0 Å². The minimum atomic E-state index is -0.757. The molecule has 0 aliphatic carbocycles. The largest absolute Gasteiger partial charge is 0.453 e. The lowest BCUT2D eigenvalue weighted by Crippen LogP contribution is -2.24. The number of benzene rings is 2. The third-order valence-electron chi connectivity index (χ3n) is 3.52. The first-order valence-electron chi connectivity index (χ1n) is 6.99. The Hall–Kier alpha value is -2.26. The van der Waals surface area contributed by atoms with Crippen molar-refractivity contribution in [1.82, 2.24) is 0 Å². The normalized spacial score (nSPS) is 15.5. The molecule has 3 heteroatoms. The summed E-state index contributed by atoms with van der Waals surface area (Å²) >= 11 is 0. The molecule has 0 unspecified atom stereocenters. The van der Waals surface area contributed by atoms with Crippen LogP contribution in [0.2, 0.25) is 0 Å². The van der Waals surface area contributed by atoms with Crippen LogP contribution in [-0.4, -0.2) is 0 Å². The van der Waals surface area contributed by atoms with Gasteiger partial charge in [0.15, 0.2) is 0 Å². The van der Waals surface area contributed by atoms with Crippen molar-refractivity contribution in [3.8, 4) is 0 Å². The quantitative estimate of drug-likeness (QED) is 0.826. The first-order chi connectivity index (χ1) is 10.3. The lowest BCUT2D eigenvalue weighted by molar-refractivity contribution is -0.134. The highest BCUT2D eigenvalue weighted by atomic mass is 16.7. The van der Waals surface area contributed by atoms with Gasteiger partial charge < -0.3 is 14.2 Å². The number of hydrogen-bond acceptors (Lipinski definition) is 3. The third-order valence-corrected chi connectivity index (χ3v) is 3.52. The first-order valence-corrected chi connectivity index (χ1v) is 6.99. The van der Waals surface area contributed by atoms with Gasteiger partial charge in [0.25, 0.3) is 5.79 Å². The van der Waals surface area contributed by atoms with Crippen molar-refractivity contribution in [3.63, 3.8) is 0 Å². The minimum absolute atomic E-state index is 0.521. The van der Waals surface area contributed by atoms with Crippen molar-refractivity contribution in [1.29, 1.82) is 0 Å². The van der Waals surface area contributed by atoms with E-state index >= 15 is 0 Å². The summed E-state index contributed by atoms with van der Waals surface area (Å²) in [6.07, 6.45) is 3.14. The fourth-order valence-corrected chi connectivity index (χ4v) is 2.41. The molecule has 0 amide bonds. The predicted molar refractivity (Wildman–Crippen MR) is 80.0 cm³/mol. The van der Waals surface area contributed by atoms with E-state index in [-0.39, 0.29) is 0 Å². The Balaban J connectivity index is 1.68. The second kappa shape index (κ2) is 6.02. The molecule has 0 spiro atoms. The van der Waals surface area contributed by atoms with Gasteiger partial charge >= 0.3 is 0 Å². The molecule has 3 rings (SSSR count). The molecular weight excluding hydrogens is 264 g/mol. The summed E-state index contributed by atoms with van der Waals surface area (Å²) in [6, 6.07) is 18.2. The van der Waals surface area contributed by atoms with Gasteiger partial charge in [0.2, 0.25) is 0 Å². The maximum Gasteiger partial charge on any atom is 0.274 e. The lowest BCUT2D eigenvalue weighted by atomic mass is 10.0.